The van der Waals surface area contributed by atoms with Crippen molar-refractivity contribution in [3.8, 4) is 5.75 Å². The summed E-state index contributed by atoms with van der Waals surface area (Å²) in [7, 11) is 0. The summed E-state index contributed by atoms with van der Waals surface area (Å²) in [5, 5.41) is 10.2. The molecular weight excluding hydrogens is 231 g/mol. The van der Waals surface area contributed by atoms with Crippen molar-refractivity contribution >= 4 is 0 Å². The van der Waals surface area contributed by atoms with Crippen molar-refractivity contribution in [2.24, 2.45) is 0 Å². The van der Waals surface area contributed by atoms with Gasteiger partial charge in [0.05, 0.1) is 6.10 Å². The molecule has 1 aromatic rings. The third kappa shape index (κ3) is 2.51. The lowest BCUT2D eigenvalue weighted by molar-refractivity contribution is -0.0270. The largest absolute Gasteiger partial charge is 0.487 e. The Morgan fingerprint density at radius 2 is 2.00 bits per heavy atom. The zero-order chi connectivity index (χ0) is 13.2. The lowest BCUT2D eigenvalue weighted by Gasteiger charge is -2.41. The second-order valence-corrected chi connectivity index (χ2v) is 5.19. The highest BCUT2D eigenvalue weighted by atomic mass is 19.1. The van der Waals surface area contributed by atoms with Crippen molar-refractivity contribution in [2.45, 2.75) is 57.7 Å². The van der Waals surface area contributed by atoms with E-state index >= 15 is 0 Å². The molecule has 1 aliphatic rings. The first kappa shape index (κ1) is 13.3. The van der Waals surface area contributed by atoms with Gasteiger partial charge in [-0.15, -0.1) is 0 Å². The molecule has 1 aromatic carbocycles. The van der Waals surface area contributed by atoms with Crippen LogP contribution in [0, 0.1) is 5.82 Å². The predicted octanol–water partition coefficient (Wildman–Crippen LogP) is 3.98. The highest BCUT2D eigenvalue weighted by Gasteiger charge is 2.39. The molecule has 0 fully saturated rings. The lowest BCUT2D eigenvalue weighted by atomic mass is 9.82. The number of halogens is 1. The Morgan fingerprint density at radius 3 is 2.61 bits per heavy atom. The summed E-state index contributed by atoms with van der Waals surface area (Å²) < 4.78 is 19.3. The van der Waals surface area contributed by atoms with Gasteiger partial charge < -0.3 is 9.84 Å². The maximum Gasteiger partial charge on any atom is 0.128 e. The fourth-order valence-electron chi connectivity index (χ4n) is 2.95. The van der Waals surface area contributed by atoms with Crippen LogP contribution >= 0.6 is 0 Å². The average Bonchev–Trinajstić information content (AvgIpc) is 2.28. The van der Waals surface area contributed by atoms with Crippen LogP contribution in [0.15, 0.2) is 18.2 Å². The number of rotatable bonds is 4. The highest BCUT2D eigenvalue weighted by molar-refractivity contribution is 5.38. The van der Waals surface area contributed by atoms with E-state index in [-0.39, 0.29) is 11.4 Å². The van der Waals surface area contributed by atoms with E-state index in [1.54, 1.807) is 6.07 Å². The number of aliphatic hydroxyl groups is 1. The molecule has 0 saturated heterocycles. The van der Waals surface area contributed by atoms with Gasteiger partial charge in [-0.25, -0.2) is 4.39 Å². The molecule has 0 spiro atoms. The van der Waals surface area contributed by atoms with E-state index in [9.17, 15) is 9.50 Å². The van der Waals surface area contributed by atoms with Gasteiger partial charge in [-0.1, -0.05) is 26.7 Å². The number of fused-ring (bicyclic) bond motifs is 1. The Bertz CT molecular complexity index is 411. The maximum absolute atomic E-state index is 13.3. The highest BCUT2D eigenvalue weighted by Crippen LogP contribution is 2.43. The van der Waals surface area contributed by atoms with Crippen LogP contribution in [0.25, 0.3) is 0 Å². The van der Waals surface area contributed by atoms with E-state index < -0.39 is 6.10 Å². The van der Waals surface area contributed by atoms with Crippen molar-refractivity contribution in [1.82, 2.24) is 0 Å². The molecule has 0 bridgehead atoms. The van der Waals surface area contributed by atoms with Gasteiger partial charge >= 0.3 is 0 Å². The topological polar surface area (TPSA) is 29.5 Å². The minimum atomic E-state index is -0.549. The van der Waals surface area contributed by atoms with Crippen molar-refractivity contribution in [3.05, 3.63) is 29.6 Å². The van der Waals surface area contributed by atoms with E-state index in [0.717, 1.165) is 25.7 Å². The number of ether oxygens (including phenoxy) is 1. The van der Waals surface area contributed by atoms with Crippen molar-refractivity contribution in [3.63, 3.8) is 0 Å². The van der Waals surface area contributed by atoms with E-state index in [1.807, 2.05) is 0 Å². The second kappa shape index (κ2) is 5.27. The van der Waals surface area contributed by atoms with Gasteiger partial charge in [-0.05, 0) is 25.0 Å². The fourth-order valence-corrected chi connectivity index (χ4v) is 2.95. The van der Waals surface area contributed by atoms with Crippen LogP contribution < -0.4 is 4.74 Å². The SMILES string of the molecule is CCCC1(CCC)CC(O)c2ccc(F)cc2O1. The lowest BCUT2D eigenvalue weighted by Crippen LogP contribution is -2.41. The van der Waals surface area contributed by atoms with Gasteiger partial charge in [0.2, 0.25) is 0 Å². The zero-order valence-corrected chi connectivity index (χ0v) is 11.1. The van der Waals surface area contributed by atoms with Gasteiger partial charge in [0.15, 0.2) is 0 Å². The van der Waals surface area contributed by atoms with Gasteiger partial charge in [0.25, 0.3) is 0 Å². The van der Waals surface area contributed by atoms with E-state index in [4.69, 9.17) is 4.74 Å². The van der Waals surface area contributed by atoms with Gasteiger partial charge in [-0.3, -0.25) is 0 Å². The molecule has 1 heterocycles. The van der Waals surface area contributed by atoms with Crippen molar-refractivity contribution < 1.29 is 14.2 Å². The normalized spacial score (nSPS) is 21.2. The molecule has 0 aromatic heterocycles. The summed E-state index contributed by atoms with van der Waals surface area (Å²) in [5.41, 5.74) is 0.378. The summed E-state index contributed by atoms with van der Waals surface area (Å²) >= 11 is 0. The molecule has 1 N–H and O–H groups in total. The molecule has 1 unspecified atom stereocenters. The quantitative estimate of drug-likeness (QED) is 0.878. The number of hydrogen-bond donors (Lipinski definition) is 1. The Kier molecular flexibility index (Phi) is 3.91. The van der Waals surface area contributed by atoms with Crippen LogP contribution in [-0.4, -0.2) is 10.7 Å². The molecule has 3 heteroatoms. The predicted molar refractivity (Wildman–Crippen MR) is 69.2 cm³/mol. The van der Waals surface area contributed by atoms with Crippen LogP contribution in [0.2, 0.25) is 0 Å². The summed E-state index contributed by atoms with van der Waals surface area (Å²) in [5.74, 6) is 0.195. The monoisotopic (exact) mass is 252 g/mol. The zero-order valence-electron chi connectivity index (χ0n) is 11.1. The molecule has 0 saturated carbocycles. The minimum Gasteiger partial charge on any atom is -0.487 e. The van der Waals surface area contributed by atoms with Gasteiger partial charge in [0, 0.05) is 18.1 Å². The maximum atomic E-state index is 13.3. The Balaban J connectivity index is 2.34. The van der Waals surface area contributed by atoms with Crippen LogP contribution in [0.4, 0.5) is 4.39 Å². The summed E-state index contributed by atoms with van der Waals surface area (Å²) in [6.07, 6.45) is 3.84. The second-order valence-electron chi connectivity index (χ2n) is 5.19. The molecule has 0 amide bonds. The summed E-state index contributed by atoms with van der Waals surface area (Å²) in [4.78, 5) is 0. The molecule has 100 valence electrons. The van der Waals surface area contributed by atoms with Crippen molar-refractivity contribution in [1.29, 1.82) is 0 Å². The first-order chi connectivity index (χ1) is 8.60. The summed E-state index contributed by atoms with van der Waals surface area (Å²) in [6.45, 7) is 4.21. The summed E-state index contributed by atoms with van der Waals surface area (Å²) in [6, 6.07) is 4.38. The molecule has 2 rings (SSSR count). The first-order valence-corrected chi connectivity index (χ1v) is 6.77. The molecule has 0 radical (unpaired) electrons. The molecule has 18 heavy (non-hydrogen) atoms. The number of aliphatic hydroxyl groups excluding tert-OH is 1. The van der Waals surface area contributed by atoms with Crippen molar-refractivity contribution in [2.75, 3.05) is 0 Å². The molecule has 1 aliphatic heterocycles. The molecule has 0 aliphatic carbocycles. The van der Waals surface area contributed by atoms with E-state index in [2.05, 4.69) is 13.8 Å². The Labute approximate surface area is 108 Å². The van der Waals surface area contributed by atoms with Crippen LogP contribution in [0.3, 0.4) is 0 Å². The fraction of sp³-hybridized carbons (Fsp3) is 0.600. The Morgan fingerprint density at radius 1 is 1.33 bits per heavy atom. The first-order valence-electron chi connectivity index (χ1n) is 6.77. The number of benzene rings is 1. The average molecular weight is 252 g/mol. The third-order valence-electron chi connectivity index (χ3n) is 3.64. The Hall–Kier alpha value is -1.09. The van der Waals surface area contributed by atoms with Crippen LogP contribution in [0.5, 0.6) is 5.75 Å². The molecule has 2 nitrogen and oxygen atoms in total. The standard InChI is InChI=1S/C15H21FO2/c1-3-7-15(8-4-2)10-13(17)12-6-5-11(16)9-14(12)18-15/h5-6,9,13,17H,3-4,7-8,10H2,1-2H3. The van der Waals surface area contributed by atoms with Crippen LogP contribution in [-0.2, 0) is 0 Å². The van der Waals surface area contributed by atoms with Gasteiger partial charge in [-0.2, -0.15) is 0 Å². The number of hydrogen-bond acceptors (Lipinski definition) is 2. The molecule has 1 atom stereocenters. The minimum absolute atomic E-state index is 0.315. The smallest absolute Gasteiger partial charge is 0.128 e. The molecular formula is C15H21FO2. The van der Waals surface area contributed by atoms with E-state index in [0.29, 0.717) is 17.7 Å². The van der Waals surface area contributed by atoms with Gasteiger partial charge in [0.1, 0.15) is 17.2 Å². The van der Waals surface area contributed by atoms with E-state index in [1.165, 1.54) is 12.1 Å². The third-order valence-corrected chi connectivity index (χ3v) is 3.64. The van der Waals surface area contributed by atoms with Crippen LogP contribution in [0.1, 0.15) is 57.6 Å².